The lowest BCUT2D eigenvalue weighted by molar-refractivity contribution is -0.137. The number of benzene rings is 1. The van der Waals surface area contributed by atoms with E-state index in [2.05, 4.69) is 4.98 Å². The molecule has 26 heavy (non-hydrogen) atoms. The predicted molar refractivity (Wildman–Crippen MR) is 90.9 cm³/mol. The van der Waals surface area contributed by atoms with Gasteiger partial charge in [0.25, 0.3) is 5.91 Å². The molecule has 0 atom stereocenters. The van der Waals surface area contributed by atoms with Crippen LogP contribution in [-0.2, 0) is 22.7 Å². The number of methoxy groups -OCH3 is 1. The number of amides is 1. The number of nitrogens with zero attached hydrogens (tertiary/aromatic N) is 2. The number of carboxylic acids is 1. The van der Waals surface area contributed by atoms with E-state index in [1.54, 1.807) is 6.92 Å². The molecule has 140 valence electrons. The summed E-state index contributed by atoms with van der Waals surface area (Å²) in [7, 11) is 1.51. The van der Waals surface area contributed by atoms with Crippen molar-refractivity contribution in [2.24, 2.45) is 0 Å². The van der Waals surface area contributed by atoms with Gasteiger partial charge in [-0.3, -0.25) is 9.59 Å². The molecule has 0 saturated carbocycles. The molecule has 0 saturated heterocycles. The second-order valence-electron chi connectivity index (χ2n) is 5.57. The summed E-state index contributed by atoms with van der Waals surface area (Å²) in [4.78, 5) is 29.7. The summed E-state index contributed by atoms with van der Waals surface area (Å²) < 4.78 is 31.5. The molecule has 0 fully saturated rings. The molecule has 0 unspecified atom stereocenters. The van der Waals surface area contributed by atoms with Crippen LogP contribution in [0.15, 0.2) is 18.2 Å². The van der Waals surface area contributed by atoms with Crippen molar-refractivity contribution >= 4 is 23.2 Å². The van der Waals surface area contributed by atoms with E-state index in [0.29, 0.717) is 21.1 Å². The molecular weight excluding hydrogens is 366 g/mol. The summed E-state index contributed by atoms with van der Waals surface area (Å²) in [5.41, 5.74) is 0.875. The third-order valence-electron chi connectivity index (χ3n) is 3.54. The van der Waals surface area contributed by atoms with Crippen LogP contribution in [0.4, 0.5) is 8.78 Å². The van der Waals surface area contributed by atoms with Crippen LogP contribution in [0.2, 0.25) is 0 Å². The number of hydrogen-bond donors (Lipinski definition) is 1. The van der Waals surface area contributed by atoms with Crippen molar-refractivity contribution in [2.75, 3.05) is 13.7 Å². The van der Waals surface area contributed by atoms with E-state index in [0.717, 1.165) is 23.5 Å². The van der Waals surface area contributed by atoms with E-state index in [-0.39, 0.29) is 26.1 Å². The monoisotopic (exact) mass is 384 g/mol. The lowest BCUT2D eigenvalue weighted by Gasteiger charge is -2.22. The fraction of sp³-hybridized carbons (Fsp3) is 0.353. The van der Waals surface area contributed by atoms with Crippen molar-refractivity contribution in [1.82, 2.24) is 9.88 Å². The SMILES string of the molecule is COCc1nc(C)c(C(=O)N(CCC(=O)O)Cc2ccc(F)c(F)c2)s1. The van der Waals surface area contributed by atoms with Gasteiger partial charge in [0.15, 0.2) is 11.6 Å². The van der Waals surface area contributed by atoms with Gasteiger partial charge in [-0.15, -0.1) is 11.3 Å². The van der Waals surface area contributed by atoms with Crippen molar-refractivity contribution in [3.8, 4) is 0 Å². The van der Waals surface area contributed by atoms with Crippen LogP contribution in [0, 0.1) is 18.6 Å². The van der Waals surface area contributed by atoms with Gasteiger partial charge in [-0.1, -0.05) is 6.07 Å². The zero-order valence-corrected chi connectivity index (χ0v) is 15.1. The Kier molecular flexibility index (Phi) is 6.76. The minimum Gasteiger partial charge on any atom is -0.481 e. The Morgan fingerprint density at radius 2 is 2.04 bits per heavy atom. The molecule has 0 aliphatic rings. The lowest BCUT2D eigenvalue weighted by atomic mass is 10.2. The van der Waals surface area contributed by atoms with Gasteiger partial charge >= 0.3 is 5.97 Å². The first-order valence-corrected chi connectivity index (χ1v) is 8.53. The number of ether oxygens (including phenoxy) is 1. The molecule has 9 heteroatoms. The number of aliphatic carboxylic acids is 1. The van der Waals surface area contributed by atoms with E-state index in [4.69, 9.17) is 9.84 Å². The molecule has 0 radical (unpaired) electrons. The Morgan fingerprint density at radius 3 is 2.65 bits per heavy atom. The predicted octanol–water partition coefficient (Wildman–Crippen LogP) is 2.99. The Hall–Kier alpha value is -2.39. The zero-order chi connectivity index (χ0) is 19.3. The summed E-state index contributed by atoms with van der Waals surface area (Å²) >= 11 is 1.16. The van der Waals surface area contributed by atoms with E-state index in [1.807, 2.05) is 0 Å². The first-order chi connectivity index (χ1) is 12.3. The Balaban J connectivity index is 2.26. The maximum Gasteiger partial charge on any atom is 0.305 e. The van der Waals surface area contributed by atoms with Crippen molar-refractivity contribution in [1.29, 1.82) is 0 Å². The molecule has 0 spiro atoms. The third-order valence-corrected chi connectivity index (χ3v) is 4.66. The minimum atomic E-state index is -1.06. The number of carbonyl (C=O) groups is 2. The topological polar surface area (TPSA) is 79.7 Å². The number of aromatic nitrogens is 1. The average molecular weight is 384 g/mol. The molecule has 1 aromatic heterocycles. The fourth-order valence-corrected chi connectivity index (χ4v) is 3.33. The standard InChI is InChI=1S/C17H18F2N2O4S/c1-10-16(26-14(20-10)9-25-2)17(24)21(6-5-15(22)23)8-11-3-4-12(18)13(19)7-11/h3-4,7H,5-6,8-9H2,1-2H3,(H,22,23). The largest absolute Gasteiger partial charge is 0.481 e. The Labute approximate surface area is 153 Å². The molecule has 0 aliphatic carbocycles. The molecule has 2 rings (SSSR count). The molecule has 0 aliphatic heterocycles. The molecule has 0 bridgehead atoms. The van der Waals surface area contributed by atoms with E-state index < -0.39 is 23.5 Å². The maximum absolute atomic E-state index is 13.4. The lowest BCUT2D eigenvalue weighted by Crippen LogP contribution is -2.32. The molecule has 1 amide bonds. The van der Waals surface area contributed by atoms with E-state index in [1.165, 1.54) is 18.1 Å². The molecule has 1 N–H and O–H groups in total. The quantitative estimate of drug-likeness (QED) is 0.757. The number of carboxylic acid groups (broad SMARTS) is 1. The summed E-state index contributed by atoms with van der Waals surface area (Å²) in [6.45, 7) is 1.83. The van der Waals surface area contributed by atoms with Crippen LogP contribution < -0.4 is 0 Å². The van der Waals surface area contributed by atoms with Gasteiger partial charge in [0.05, 0.1) is 18.7 Å². The number of hydrogen-bond acceptors (Lipinski definition) is 5. The van der Waals surface area contributed by atoms with E-state index in [9.17, 15) is 18.4 Å². The van der Waals surface area contributed by atoms with Crippen LogP contribution >= 0.6 is 11.3 Å². The summed E-state index contributed by atoms with van der Waals surface area (Å²) in [6.07, 6.45) is -0.266. The first-order valence-electron chi connectivity index (χ1n) is 7.72. The van der Waals surface area contributed by atoms with Crippen molar-refractivity contribution in [3.63, 3.8) is 0 Å². The second-order valence-corrected chi connectivity index (χ2v) is 6.66. The van der Waals surface area contributed by atoms with Gasteiger partial charge in [-0.05, 0) is 24.6 Å². The van der Waals surface area contributed by atoms with Gasteiger partial charge in [-0.25, -0.2) is 13.8 Å². The number of halogens is 2. The summed E-state index contributed by atoms with van der Waals surface area (Å²) in [5.74, 6) is -3.48. The molecule has 6 nitrogen and oxygen atoms in total. The summed E-state index contributed by atoms with van der Waals surface area (Å²) in [5, 5.41) is 9.54. The molecule has 1 heterocycles. The number of carbonyl (C=O) groups excluding carboxylic acids is 1. The smallest absolute Gasteiger partial charge is 0.305 e. The van der Waals surface area contributed by atoms with E-state index >= 15 is 0 Å². The molecule has 1 aromatic carbocycles. The molecule has 2 aromatic rings. The van der Waals surface area contributed by atoms with Gasteiger partial charge < -0.3 is 14.7 Å². The number of aryl methyl sites for hydroxylation is 1. The number of rotatable bonds is 8. The first kappa shape index (κ1) is 19.9. The normalized spacial score (nSPS) is 10.8. The Morgan fingerprint density at radius 1 is 1.31 bits per heavy atom. The highest BCUT2D eigenvalue weighted by atomic mass is 32.1. The van der Waals surface area contributed by atoms with Crippen LogP contribution in [0.1, 0.15) is 32.4 Å². The van der Waals surface area contributed by atoms with Crippen LogP contribution in [0.5, 0.6) is 0 Å². The Bertz CT molecular complexity index is 810. The maximum atomic E-state index is 13.4. The highest BCUT2D eigenvalue weighted by Gasteiger charge is 2.23. The van der Waals surface area contributed by atoms with Gasteiger partial charge in [0.2, 0.25) is 0 Å². The van der Waals surface area contributed by atoms with Crippen molar-refractivity contribution in [2.45, 2.75) is 26.5 Å². The van der Waals surface area contributed by atoms with Gasteiger partial charge in [0, 0.05) is 20.2 Å². The molecular formula is C17H18F2N2O4S. The fourth-order valence-electron chi connectivity index (χ4n) is 2.32. The average Bonchev–Trinajstić information content (AvgIpc) is 2.94. The highest BCUT2D eigenvalue weighted by Crippen LogP contribution is 2.22. The van der Waals surface area contributed by atoms with Crippen molar-refractivity contribution in [3.05, 3.63) is 51.0 Å². The second kappa shape index (κ2) is 8.81. The van der Waals surface area contributed by atoms with Crippen molar-refractivity contribution < 1.29 is 28.2 Å². The zero-order valence-electron chi connectivity index (χ0n) is 14.3. The minimum absolute atomic E-state index is 0.0414. The van der Waals surface area contributed by atoms with Gasteiger partial charge in [-0.2, -0.15) is 0 Å². The van der Waals surface area contributed by atoms with Gasteiger partial charge in [0.1, 0.15) is 9.88 Å². The van der Waals surface area contributed by atoms with Crippen LogP contribution in [0.25, 0.3) is 0 Å². The number of thiazole rings is 1. The summed E-state index contributed by atoms with van der Waals surface area (Å²) in [6, 6.07) is 3.32. The van der Waals surface area contributed by atoms with Crippen LogP contribution in [0.3, 0.4) is 0 Å². The highest BCUT2D eigenvalue weighted by molar-refractivity contribution is 7.13. The van der Waals surface area contributed by atoms with Crippen LogP contribution in [-0.4, -0.2) is 40.5 Å². The third kappa shape index (κ3) is 5.06.